The summed E-state index contributed by atoms with van der Waals surface area (Å²) in [5.74, 6) is 0. The number of rotatable bonds is 2. The van der Waals surface area contributed by atoms with Gasteiger partial charge < -0.3 is 5.32 Å². The van der Waals surface area contributed by atoms with Crippen LogP contribution in [-0.2, 0) is 6.42 Å². The third-order valence-corrected chi connectivity index (χ3v) is 5.81. The number of thiophene rings is 1. The maximum absolute atomic E-state index is 9.05. The van der Waals surface area contributed by atoms with Gasteiger partial charge in [-0.15, -0.1) is 11.3 Å². The van der Waals surface area contributed by atoms with Crippen molar-refractivity contribution >= 4 is 51.2 Å². The van der Waals surface area contributed by atoms with Crippen molar-refractivity contribution in [2.75, 3.05) is 5.32 Å². The highest BCUT2D eigenvalue weighted by atomic mass is 127. The Morgan fingerprint density at radius 1 is 1.40 bits per heavy atom. The highest BCUT2D eigenvalue weighted by Crippen LogP contribution is 2.38. The second kappa shape index (κ2) is 5.92. The molecule has 0 fully saturated rings. The number of halogens is 2. The van der Waals surface area contributed by atoms with Crippen molar-refractivity contribution in [1.82, 2.24) is 0 Å². The Bertz CT molecular complexity index is 690. The summed E-state index contributed by atoms with van der Waals surface area (Å²) in [7, 11) is 0. The Kier molecular flexibility index (Phi) is 4.20. The molecule has 0 bridgehead atoms. The van der Waals surface area contributed by atoms with Crippen LogP contribution in [0.4, 0.5) is 5.69 Å². The van der Waals surface area contributed by atoms with E-state index in [4.69, 9.17) is 16.9 Å². The lowest BCUT2D eigenvalue weighted by Crippen LogP contribution is -2.15. The van der Waals surface area contributed by atoms with Crippen molar-refractivity contribution in [2.24, 2.45) is 0 Å². The zero-order chi connectivity index (χ0) is 14.1. The molecule has 1 aliphatic rings. The summed E-state index contributed by atoms with van der Waals surface area (Å²) in [4.78, 5) is 1.49. The van der Waals surface area contributed by atoms with Crippen LogP contribution in [0.3, 0.4) is 0 Å². The summed E-state index contributed by atoms with van der Waals surface area (Å²) < 4.78 is 1.34. The highest BCUT2D eigenvalue weighted by Gasteiger charge is 2.22. The fourth-order valence-electron chi connectivity index (χ4n) is 2.57. The Morgan fingerprint density at radius 3 is 3.05 bits per heavy atom. The molecule has 102 valence electrons. The number of hydrogen-bond donors (Lipinski definition) is 1. The Balaban J connectivity index is 1.87. The minimum absolute atomic E-state index is 0.339. The molecule has 3 rings (SSSR count). The summed E-state index contributed by atoms with van der Waals surface area (Å²) in [6.45, 7) is 0. The van der Waals surface area contributed by atoms with E-state index in [1.165, 1.54) is 26.2 Å². The maximum Gasteiger partial charge on any atom is 0.101 e. The second-order valence-corrected chi connectivity index (χ2v) is 8.26. The van der Waals surface area contributed by atoms with Gasteiger partial charge in [-0.2, -0.15) is 5.26 Å². The fourth-order valence-corrected chi connectivity index (χ4v) is 4.85. The molecule has 0 saturated carbocycles. The van der Waals surface area contributed by atoms with E-state index >= 15 is 0 Å². The van der Waals surface area contributed by atoms with E-state index in [0.717, 1.165) is 12.1 Å². The molecule has 0 spiro atoms. The molecule has 2 aromatic rings. The molecule has 20 heavy (non-hydrogen) atoms. The zero-order valence-corrected chi connectivity index (χ0v) is 14.3. The summed E-state index contributed by atoms with van der Waals surface area (Å²) in [5.41, 5.74) is 2.90. The standard InChI is InChI=1S/C15H12ClIN2S/c16-12-5-4-10(6-9(12)8-18)19-13-2-1-3-14-11(13)7-15(17)20-14/h4-7,13,19H,1-3H2. The van der Waals surface area contributed by atoms with Gasteiger partial charge in [0, 0.05) is 10.6 Å². The number of fused-ring (bicyclic) bond motifs is 1. The normalized spacial score (nSPS) is 17.4. The lowest BCUT2D eigenvalue weighted by Gasteiger charge is -2.24. The first-order chi connectivity index (χ1) is 9.67. The molecule has 1 aromatic carbocycles. The molecular weight excluding hydrogens is 403 g/mol. The summed E-state index contributed by atoms with van der Waals surface area (Å²) in [5, 5.41) is 13.1. The van der Waals surface area contributed by atoms with Crippen LogP contribution in [0.25, 0.3) is 0 Å². The van der Waals surface area contributed by atoms with Crippen molar-refractivity contribution in [3.05, 3.63) is 48.2 Å². The smallest absolute Gasteiger partial charge is 0.101 e. The van der Waals surface area contributed by atoms with Crippen LogP contribution in [0.2, 0.25) is 5.02 Å². The molecule has 1 unspecified atom stereocenters. The molecule has 1 N–H and O–H groups in total. The van der Waals surface area contributed by atoms with Crippen molar-refractivity contribution in [3.63, 3.8) is 0 Å². The number of aryl methyl sites for hydroxylation is 1. The van der Waals surface area contributed by atoms with Gasteiger partial charge in [-0.1, -0.05) is 11.6 Å². The SMILES string of the molecule is N#Cc1cc(NC2CCCc3sc(I)cc32)ccc1Cl. The fraction of sp³-hybridized carbons (Fsp3) is 0.267. The Morgan fingerprint density at radius 2 is 2.25 bits per heavy atom. The first-order valence-corrected chi connectivity index (χ1v) is 8.69. The van der Waals surface area contributed by atoms with Crippen molar-refractivity contribution in [3.8, 4) is 6.07 Å². The topological polar surface area (TPSA) is 35.8 Å². The van der Waals surface area contributed by atoms with E-state index in [0.29, 0.717) is 16.6 Å². The molecular formula is C15H12ClIN2S. The second-order valence-electron chi connectivity index (χ2n) is 4.82. The number of benzene rings is 1. The number of hydrogen-bond acceptors (Lipinski definition) is 3. The van der Waals surface area contributed by atoms with E-state index < -0.39 is 0 Å². The lowest BCUT2D eigenvalue weighted by atomic mass is 9.94. The third-order valence-electron chi connectivity index (χ3n) is 3.51. The quantitative estimate of drug-likeness (QED) is 0.671. The van der Waals surface area contributed by atoms with Crippen LogP contribution in [0.5, 0.6) is 0 Å². The Labute approximate surface area is 140 Å². The summed E-state index contributed by atoms with van der Waals surface area (Å²) >= 11 is 10.2. The van der Waals surface area contributed by atoms with Gasteiger partial charge in [-0.25, -0.2) is 0 Å². The number of nitriles is 1. The van der Waals surface area contributed by atoms with Gasteiger partial charge in [0.25, 0.3) is 0 Å². The van der Waals surface area contributed by atoms with Crippen LogP contribution in [0.1, 0.15) is 34.9 Å². The average Bonchev–Trinajstić information content (AvgIpc) is 2.82. The van der Waals surface area contributed by atoms with Crippen LogP contribution in [0.15, 0.2) is 24.3 Å². The molecule has 1 aromatic heterocycles. The lowest BCUT2D eigenvalue weighted by molar-refractivity contribution is 0.609. The highest BCUT2D eigenvalue weighted by molar-refractivity contribution is 14.1. The minimum atomic E-state index is 0.339. The molecule has 1 atom stereocenters. The summed E-state index contributed by atoms with van der Waals surface area (Å²) in [6, 6.07) is 10.3. The third kappa shape index (κ3) is 2.80. The predicted molar refractivity (Wildman–Crippen MR) is 92.5 cm³/mol. The van der Waals surface area contributed by atoms with Crippen LogP contribution < -0.4 is 5.32 Å². The van der Waals surface area contributed by atoms with E-state index in [1.807, 2.05) is 23.5 Å². The molecule has 0 saturated heterocycles. The van der Waals surface area contributed by atoms with E-state index in [-0.39, 0.29) is 0 Å². The van der Waals surface area contributed by atoms with Gasteiger partial charge in [0.2, 0.25) is 0 Å². The first kappa shape index (κ1) is 14.2. The maximum atomic E-state index is 9.05. The van der Waals surface area contributed by atoms with Gasteiger partial charge in [-0.3, -0.25) is 0 Å². The first-order valence-electron chi connectivity index (χ1n) is 6.41. The van der Waals surface area contributed by atoms with Gasteiger partial charge in [0.1, 0.15) is 6.07 Å². The molecule has 5 heteroatoms. The van der Waals surface area contributed by atoms with Gasteiger partial charge in [0.15, 0.2) is 0 Å². The average molecular weight is 415 g/mol. The monoisotopic (exact) mass is 414 g/mol. The number of nitrogens with one attached hydrogen (secondary N) is 1. The van der Waals surface area contributed by atoms with Crippen molar-refractivity contribution in [2.45, 2.75) is 25.3 Å². The van der Waals surface area contributed by atoms with Gasteiger partial charge in [0.05, 0.1) is 19.5 Å². The van der Waals surface area contributed by atoms with Crippen LogP contribution in [0, 0.1) is 14.2 Å². The molecule has 0 radical (unpaired) electrons. The van der Waals surface area contributed by atoms with E-state index in [2.05, 4.69) is 40.0 Å². The Hall–Kier alpha value is -0.770. The summed E-state index contributed by atoms with van der Waals surface area (Å²) in [6.07, 6.45) is 3.52. The van der Waals surface area contributed by atoms with E-state index in [1.54, 1.807) is 6.07 Å². The largest absolute Gasteiger partial charge is 0.378 e. The number of anilines is 1. The van der Waals surface area contributed by atoms with Crippen molar-refractivity contribution in [1.29, 1.82) is 5.26 Å². The molecule has 1 aliphatic carbocycles. The molecule has 0 amide bonds. The van der Waals surface area contributed by atoms with Crippen LogP contribution >= 0.6 is 45.5 Å². The van der Waals surface area contributed by atoms with E-state index in [9.17, 15) is 0 Å². The zero-order valence-electron chi connectivity index (χ0n) is 10.6. The molecule has 2 nitrogen and oxygen atoms in total. The minimum Gasteiger partial charge on any atom is -0.378 e. The van der Waals surface area contributed by atoms with Crippen molar-refractivity contribution < 1.29 is 0 Å². The molecule has 1 heterocycles. The van der Waals surface area contributed by atoms with Crippen LogP contribution in [-0.4, -0.2) is 0 Å². The van der Waals surface area contributed by atoms with Gasteiger partial charge >= 0.3 is 0 Å². The number of nitrogens with zero attached hydrogens (tertiary/aromatic N) is 1. The predicted octanol–water partition coefficient (Wildman–Crippen LogP) is 5.37. The van der Waals surface area contributed by atoms with Gasteiger partial charge in [-0.05, 0) is 71.7 Å². The molecule has 0 aliphatic heterocycles.